The van der Waals surface area contributed by atoms with Gasteiger partial charge in [0.05, 0.1) is 17.7 Å². The molecule has 1 heterocycles. The van der Waals surface area contributed by atoms with E-state index in [4.69, 9.17) is 14.1 Å². The van der Waals surface area contributed by atoms with Gasteiger partial charge in [-0.05, 0) is 60.6 Å². The highest BCUT2D eigenvalue weighted by Crippen LogP contribution is 2.24. The van der Waals surface area contributed by atoms with Crippen molar-refractivity contribution in [2.45, 2.75) is 77.8 Å². The zero-order valence-electron chi connectivity index (χ0n) is 18.2. The van der Waals surface area contributed by atoms with Crippen molar-refractivity contribution < 1.29 is 24.0 Å². The SMILES string of the molecule is CC(C)(C)OC(=O)N1CC[C@H](Oc2ccc(BOC(C)(C)C(C)(C)O)cc2)C1. The van der Waals surface area contributed by atoms with Gasteiger partial charge in [-0.2, -0.15) is 0 Å². The Bertz CT molecular complexity index is 661. The topological polar surface area (TPSA) is 68.2 Å². The number of carbonyl (C=O) groups excluding carboxylic acids is 1. The molecule has 2 rings (SSSR count). The molecule has 0 spiro atoms. The minimum Gasteiger partial charge on any atom is -0.489 e. The first-order valence-corrected chi connectivity index (χ1v) is 9.87. The second-order valence-electron chi connectivity index (χ2n) is 9.46. The molecule has 0 radical (unpaired) electrons. The molecule has 1 aliphatic heterocycles. The Labute approximate surface area is 169 Å². The van der Waals surface area contributed by atoms with Crippen LogP contribution in [0.4, 0.5) is 4.79 Å². The van der Waals surface area contributed by atoms with Gasteiger partial charge in [-0.3, -0.25) is 0 Å². The summed E-state index contributed by atoms with van der Waals surface area (Å²) in [6.45, 7) is 14.0. The van der Waals surface area contributed by atoms with Crippen molar-refractivity contribution in [3.8, 4) is 5.75 Å². The van der Waals surface area contributed by atoms with Gasteiger partial charge in [-0.25, -0.2) is 4.79 Å². The van der Waals surface area contributed by atoms with Crippen molar-refractivity contribution in [2.75, 3.05) is 13.1 Å². The quantitative estimate of drug-likeness (QED) is 0.756. The standard InChI is InChI=1S/C21H34BNO5/c1-19(2,3)27-18(24)23-13-12-17(14-23)26-16-10-8-15(9-11-16)22-28-21(6,7)20(4,5)25/h8-11,17,22,25H,12-14H2,1-7H3/t17-/m0/s1. The summed E-state index contributed by atoms with van der Waals surface area (Å²) in [6, 6.07) is 7.73. The van der Waals surface area contributed by atoms with Crippen LogP contribution in [-0.2, 0) is 9.39 Å². The zero-order valence-corrected chi connectivity index (χ0v) is 18.2. The molecule has 0 unspecified atom stereocenters. The molecule has 1 saturated heterocycles. The van der Waals surface area contributed by atoms with Gasteiger partial charge in [0.1, 0.15) is 17.5 Å². The van der Waals surface area contributed by atoms with Crippen LogP contribution in [0.25, 0.3) is 0 Å². The lowest BCUT2D eigenvalue weighted by molar-refractivity contribution is -0.0893. The number of benzene rings is 1. The summed E-state index contributed by atoms with van der Waals surface area (Å²) in [7, 11) is 0.410. The number of rotatable bonds is 6. The molecular weight excluding hydrogens is 357 g/mol. The first kappa shape index (κ1) is 22.6. The summed E-state index contributed by atoms with van der Waals surface area (Å²) in [4.78, 5) is 13.8. The van der Waals surface area contributed by atoms with Crippen molar-refractivity contribution in [1.82, 2.24) is 4.90 Å². The molecule has 7 heteroatoms. The average molecular weight is 391 g/mol. The third kappa shape index (κ3) is 6.42. The van der Waals surface area contributed by atoms with E-state index in [0.717, 1.165) is 17.6 Å². The molecule has 6 nitrogen and oxygen atoms in total. The summed E-state index contributed by atoms with van der Waals surface area (Å²) >= 11 is 0. The van der Waals surface area contributed by atoms with Crippen LogP contribution < -0.4 is 10.2 Å². The fourth-order valence-electron chi connectivity index (χ4n) is 2.61. The first-order chi connectivity index (χ1) is 12.8. The number of nitrogens with zero attached hydrogens (tertiary/aromatic N) is 1. The second-order valence-corrected chi connectivity index (χ2v) is 9.46. The molecule has 1 fully saturated rings. The third-order valence-electron chi connectivity index (χ3n) is 5.10. The highest BCUT2D eigenvalue weighted by Gasteiger charge is 2.35. The van der Waals surface area contributed by atoms with E-state index < -0.39 is 16.8 Å². The fraction of sp³-hybridized carbons (Fsp3) is 0.667. The van der Waals surface area contributed by atoms with Gasteiger partial charge < -0.3 is 24.1 Å². The van der Waals surface area contributed by atoms with Crippen LogP contribution in [0.1, 0.15) is 54.9 Å². The molecule has 1 N–H and O–H groups in total. The number of likely N-dealkylation sites (tertiary alicyclic amines) is 1. The summed E-state index contributed by atoms with van der Waals surface area (Å²) in [5.74, 6) is 0.765. The molecule has 1 aromatic rings. The molecule has 28 heavy (non-hydrogen) atoms. The highest BCUT2D eigenvalue weighted by atomic mass is 16.6. The Balaban J connectivity index is 1.84. The number of amides is 1. The largest absolute Gasteiger partial charge is 0.489 e. The Morgan fingerprint density at radius 3 is 2.25 bits per heavy atom. The Hall–Kier alpha value is -1.73. The average Bonchev–Trinajstić information content (AvgIpc) is 3.00. The Kier molecular flexibility index (Phi) is 6.72. The van der Waals surface area contributed by atoms with E-state index >= 15 is 0 Å². The molecule has 0 bridgehead atoms. The maximum Gasteiger partial charge on any atom is 0.410 e. The number of hydrogen-bond donors (Lipinski definition) is 1. The minimum absolute atomic E-state index is 0.0382. The second kappa shape index (κ2) is 8.33. The van der Waals surface area contributed by atoms with Gasteiger partial charge in [-0.1, -0.05) is 17.6 Å². The van der Waals surface area contributed by atoms with Gasteiger partial charge in [0.2, 0.25) is 0 Å². The molecule has 1 amide bonds. The first-order valence-electron chi connectivity index (χ1n) is 9.87. The van der Waals surface area contributed by atoms with Crippen LogP contribution in [0.3, 0.4) is 0 Å². The van der Waals surface area contributed by atoms with Crippen LogP contribution in [0, 0.1) is 0 Å². The lowest BCUT2D eigenvalue weighted by Crippen LogP contribution is -2.49. The number of hydrogen-bond acceptors (Lipinski definition) is 5. The summed E-state index contributed by atoms with van der Waals surface area (Å²) < 4.78 is 17.3. The van der Waals surface area contributed by atoms with Gasteiger partial charge in [0.15, 0.2) is 0 Å². The van der Waals surface area contributed by atoms with E-state index in [1.54, 1.807) is 18.7 Å². The lowest BCUT2D eigenvalue weighted by atomic mass is 9.82. The van der Waals surface area contributed by atoms with Crippen LogP contribution in [-0.4, -0.2) is 59.6 Å². The predicted octanol–water partition coefficient (Wildman–Crippen LogP) is 2.62. The lowest BCUT2D eigenvalue weighted by Gasteiger charge is -2.37. The normalized spacial score (nSPS) is 18.1. The maximum atomic E-state index is 12.1. The van der Waals surface area contributed by atoms with Crippen LogP contribution in [0.2, 0.25) is 0 Å². The predicted molar refractivity (Wildman–Crippen MR) is 112 cm³/mol. The van der Waals surface area contributed by atoms with E-state index in [9.17, 15) is 9.90 Å². The highest BCUT2D eigenvalue weighted by molar-refractivity contribution is 6.47. The van der Waals surface area contributed by atoms with E-state index in [0.29, 0.717) is 20.6 Å². The molecule has 1 aromatic carbocycles. The van der Waals surface area contributed by atoms with E-state index in [2.05, 4.69) is 0 Å². The van der Waals surface area contributed by atoms with Crippen molar-refractivity contribution in [3.05, 3.63) is 24.3 Å². The number of ether oxygens (including phenoxy) is 2. The number of aliphatic hydroxyl groups is 1. The monoisotopic (exact) mass is 391 g/mol. The maximum absolute atomic E-state index is 12.1. The minimum atomic E-state index is -0.932. The van der Waals surface area contributed by atoms with Crippen molar-refractivity contribution >= 4 is 19.0 Å². The smallest absolute Gasteiger partial charge is 0.410 e. The Morgan fingerprint density at radius 1 is 1.11 bits per heavy atom. The molecule has 156 valence electrons. The van der Waals surface area contributed by atoms with Gasteiger partial charge in [-0.15, -0.1) is 0 Å². The third-order valence-corrected chi connectivity index (χ3v) is 5.10. The zero-order chi connectivity index (χ0) is 21.2. The van der Waals surface area contributed by atoms with Crippen molar-refractivity contribution in [2.24, 2.45) is 0 Å². The van der Waals surface area contributed by atoms with Crippen LogP contribution >= 0.6 is 0 Å². The van der Waals surface area contributed by atoms with Crippen LogP contribution in [0.15, 0.2) is 24.3 Å². The molecule has 1 aliphatic rings. The summed E-state index contributed by atoms with van der Waals surface area (Å²) in [6.07, 6.45) is 0.452. The molecule has 0 aliphatic carbocycles. The Morgan fingerprint density at radius 2 is 1.71 bits per heavy atom. The van der Waals surface area contributed by atoms with Gasteiger partial charge >= 0.3 is 13.6 Å². The van der Waals surface area contributed by atoms with E-state index in [-0.39, 0.29) is 12.2 Å². The van der Waals surface area contributed by atoms with Crippen molar-refractivity contribution in [1.29, 1.82) is 0 Å². The molecular formula is C21H34BNO5. The molecule has 0 saturated carbocycles. The fourth-order valence-corrected chi connectivity index (χ4v) is 2.61. The molecule has 0 aromatic heterocycles. The van der Waals surface area contributed by atoms with Crippen molar-refractivity contribution in [3.63, 3.8) is 0 Å². The summed E-state index contributed by atoms with van der Waals surface area (Å²) in [5, 5.41) is 10.2. The molecule has 1 atom stereocenters. The number of carbonyl (C=O) groups is 1. The van der Waals surface area contributed by atoms with Gasteiger partial charge in [0, 0.05) is 13.0 Å². The summed E-state index contributed by atoms with van der Waals surface area (Å²) in [5.41, 5.74) is -1.07. The van der Waals surface area contributed by atoms with E-state index in [1.165, 1.54) is 0 Å². The van der Waals surface area contributed by atoms with Crippen LogP contribution in [0.5, 0.6) is 5.75 Å². The van der Waals surface area contributed by atoms with Gasteiger partial charge in [0.25, 0.3) is 0 Å². The van der Waals surface area contributed by atoms with E-state index in [1.807, 2.05) is 58.9 Å².